The maximum absolute atomic E-state index is 14.2. The summed E-state index contributed by atoms with van der Waals surface area (Å²) in [6.07, 6.45) is 2.97. The molecule has 1 fully saturated rings. The second kappa shape index (κ2) is 9.13. The van der Waals surface area contributed by atoms with E-state index in [1.807, 2.05) is 18.2 Å². The Morgan fingerprint density at radius 1 is 1.07 bits per heavy atom. The van der Waals surface area contributed by atoms with Gasteiger partial charge in [-0.3, -0.25) is 4.57 Å². The van der Waals surface area contributed by atoms with Gasteiger partial charge in [0.25, 0.3) is 7.37 Å². The highest BCUT2D eigenvalue weighted by molar-refractivity contribution is 7.67. The van der Waals surface area contributed by atoms with Crippen LogP contribution >= 0.6 is 19.0 Å². The number of aliphatic hydroxyl groups excluding tert-OH is 1. The largest absolute Gasteiger partial charge is 0.378 e. The van der Waals surface area contributed by atoms with Crippen molar-refractivity contribution in [1.82, 2.24) is 0 Å². The Labute approximate surface area is 173 Å². The van der Waals surface area contributed by atoms with E-state index in [1.54, 1.807) is 36.4 Å². The molecule has 2 aromatic rings. The fourth-order valence-corrected chi connectivity index (χ4v) is 6.61. The molecule has 0 aliphatic heterocycles. The molecule has 0 radical (unpaired) electrons. The van der Waals surface area contributed by atoms with Crippen molar-refractivity contribution in [2.45, 2.75) is 52.0 Å². The van der Waals surface area contributed by atoms with Gasteiger partial charge in [0.05, 0.1) is 6.10 Å². The number of hydrogen-bond donors (Lipinski definition) is 1. The first kappa shape index (κ1) is 21.6. The molecular weight excluding hydrogens is 391 g/mol. The zero-order valence-corrected chi connectivity index (χ0v) is 18.4. The molecule has 1 aliphatic rings. The van der Waals surface area contributed by atoms with Gasteiger partial charge in [-0.1, -0.05) is 69.1 Å². The summed E-state index contributed by atoms with van der Waals surface area (Å²) in [4.78, 5) is 0. The van der Waals surface area contributed by atoms with Crippen LogP contribution in [0, 0.1) is 17.8 Å². The summed E-state index contributed by atoms with van der Waals surface area (Å²) in [5.41, 5.74) is 0.557. The molecule has 0 aromatic heterocycles. The Morgan fingerprint density at radius 3 is 2.32 bits per heavy atom. The number of hydrogen-bond acceptors (Lipinski definition) is 3. The molecule has 5 heteroatoms. The highest BCUT2D eigenvalue weighted by Gasteiger charge is 2.42. The first-order valence-corrected chi connectivity index (χ1v) is 12.2. The van der Waals surface area contributed by atoms with Crippen molar-refractivity contribution in [2.75, 3.05) is 0 Å². The molecule has 0 bridgehead atoms. The van der Waals surface area contributed by atoms with E-state index < -0.39 is 13.2 Å². The first-order valence-electron chi connectivity index (χ1n) is 10.1. The van der Waals surface area contributed by atoms with E-state index in [0.29, 0.717) is 33.6 Å². The lowest BCUT2D eigenvalue weighted by Gasteiger charge is -2.39. The van der Waals surface area contributed by atoms with Gasteiger partial charge in [0.2, 0.25) is 0 Å². The van der Waals surface area contributed by atoms with Gasteiger partial charge in [-0.05, 0) is 60.4 Å². The minimum absolute atomic E-state index is 0.128. The van der Waals surface area contributed by atoms with Gasteiger partial charge in [0.15, 0.2) is 5.85 Å². The summed E-state index contributed by atoms with van der Waals surface area (Å²) in [5, 5.41) is 12.3. The lowest BCUT2D eigenvalue weighted by atomic mass is 9.75. The Hall–Kier alpha value is -1.12. The van der Waals surface area contributed by atoms with Crippen LogP contribution in [0.15, 0.2) is 54.6 Å². The highest BCUT2D eigenvalue weighted by Crippen LogP contribution is 2.60. The molecule has 1 N–H and O–H groups in total. The van der Waals surface area contributed by atoms with Crippen LogP contribution in [-0.2, 0) is 9.09 Å². The van der Waals surface area contributed by atoms with E-state index in [9.17, 15) is 9.67 Å². The Bertz CT molecular complexity index is 806. The van der Waals surface area contributed by atoms with E-state index in [0.717, 1.165) is 19.3 Å². The molecule has 5 atom stereocenters. The summed E-state index contributed by atoms with van der Waals surface area (Å²) in [6.45, 7) is 6.61. The third kappa shape index (κ3) is 4.71. The second-order valence-electron chi connectivity index (χ2n) is 8.33. The Kier molecular flexibility index (Phi) is 7.04. The second-order valence-corrected chi connectivity index (χ2v) is 11.2. The monoisotopic (exact) mass is 420 g/mol. The van der Waals surface area contributed by atoms with Crippen molar-refractivity contribution in [1.29, 1.82) is 0 Å². The highest BCUT2D eigenvalue weighted by atomic mass is 35.5. The first-order chi connectivity index (χ1) is 13.3. The fraction of sp³-hybridized carbons (Fsp3) is 0.478. The molecule has 1 saturated carbocycles. The van der Waals surface area contributed by atoms with Crippen molar-refractivity contribution in [3.8, 4) is 0 Å². The summed E-state index contributed by atoms with van der Waals surface area (Å²) in [5.74, 6) is 0.0779. The van der Waals surface area contributed by atoms with E-state index in [-0.39, 0.29) is 6.10 Å². The van der Waals surface area contributed by atoms with Crippen molar-refractivity contribution >= 4 is 24.3 Å². The lowest BCUT2D eigenvalue weighted by molar-refractivity contribution is 0.0427. The van der Waals surface area contributed by atoms with Crippen LogP contribution in [-0.4, -0.2) is 11.2 Å². The van der Waals surface area contributed by atoms with Crippen LogP contribution in [0.1, 0.15) is 51.4 Å². The average molecular weight is 421 g/mol. The zero-order valence-electron chi connectivity index (χ0n) is 16.8. The topological polar surface area (TPSA) is 46.5 Å². The van der Waals surface area contributed by atoms with E-state index in [4.69, 9.17) is 16.1 Å². The lowest BCUT2D eigenvalue weighted by Crippen LogP contribution is -2.35. The number of aliphatic hydroxyl groups is 1. The van der Waals surface area contributed by atoms with Crippen molar-refractivity contribution in [2.24, 2.45) is 17.8 Å². The van der Waals surface area contributed by atoms with Crippen molar-refractivity contribution in [3.05, 3.63) is 65.2 Å². The summed E-state index contributed by atoms with van der Waals surface area (Å²) in [7, 11) is -3.56. The van der Waals surface area contributed by atoms with E-state index in [1.165, 1.54) is 0 Å². The average Bonchev–Trinajstić information content (AvgIpc) is 2.68. The van der Waals surface area contributed by atoms with Gasteiger partial charge in [-0.25, -0.2) is 0 Å². The predicted molar refractivity (Wildman–Crippen MR) is 116 cm³/mol. The number of rotatable bonds is 6. The van der Waals surface area contributed by atoms with Gasteiger partial charge in [-0.2, -0.15) is 0 Å². The maximum Gasteiger partial charge on any atom is 0.264 e. The molecule has 2 unspecified atom stereocenters. The normalized spacial score (nSPS) is 26.0. The summed E-state index contributed by atoms with van der Waals surface area (Å²) >= 11 is 5.99. The minimum atomic E-state index is -3.56. The van der Waals surface area contributed by atoms with Crippen LogP contribution in [0.5, 0.6) is 0 Å². The zero-order chi connectivity index (χ0) is 20.3. The van der Waals surface area contributed by atoms with Gasteiger partial charge < -0.3 is 9.63 Å². The molecule has 152 valence electrons. The molecule has 0 saturated heterocycles. The van der Waals surface area contributed by atoms with E-state index >= 15 is 0 Å². The summed E-state index contributed by atoms with van der Waals surface area (Å²) < 4.78 is 20.7. The predicted octanol–water partition coefficient (Wildman–Crippen LogP) is 6.41. The molecule has 3 rings (SSSR count). The molecule has 1 aliphatic carbocycles. The van der Waals surface area contributed by atoms with E-state index in [2.05, 4.69) is 20.8 Å². The molecule has 0 spiro atoms. The number of benzene rings is 2. The minimum Gasteiger partial charge on any atom is -0.378 e. The van der Waals surface area contributed by atoms with Crippen LogP contribution in [0.3, 0.4) is 0 Å². The van der Waals surface area contributed by atoms with Gasteiger partial charge in [0.1, 0.15) is 0 Å². The molecule has 28 heavy (non-hydrogen) atoms. The quantitative estimate of drug-likeness (QED) is 0.549. The molecular formula is C23H30ClO3P. The van der Waals surface area contributed by atoms with Crippen molar-refractivity contribution in [3.63, 3.8) is 0 Å². The van der Waals surface area contributed by atoms with Crippen LogP contribution in [0.25, 0.3) is 0 Å². The standard InChI is InChI=1S/C23H30ClO3P/c1-16(2)21-14-9-17(3)15-22(21)27-28(26,20-7-5-4-6-8-20)23(25)18-10-12-19(24)13-11-18/h4-8,10-13,16-17,21-23,25H,9,14-15H2,1-3H3/t17-,21+,22-,23?,28?/m1/s1. The Balaban J connectivity index is 1.99. The van der Waals surface area contributed by atoms with Crippen LogP contribution < -0.4 is 5.30 Å². The van der Waals surface area contributed by atoms with Crippen LogP contribution in [0.4, 0.5) is 0 Å². The molecule has 0 heterocycles. The third-order valence-electron chi connectivity index (χ3n) is 5.86. The summed E-state index contributed by atoms with van der Waals surface area (Å²) in [6, 6.07) is 16.0. The van der Waals surface area contributed by atoms with Gasteiger partial charge in [-0.15, -0.1) is 0 Å². The third-order valence-corrected chi connectivity index (χ3v) is 8.66. The van der Waals surface area contributed by atoms with Crippen molar-refractivity contribution < 1.29 is 14.2 Å². The Morgan fingerprint density at radius 2 is 1.71 bits per heavy atom. The smallest absolute Gasteiger partial charge is 0.264 e. The van der Waals surface area contributed by atoms with Gasteiger partial charge in [0, 0.05) is 10.3 Å². The number of halogens is 1. The molecule has 0 amide bonds. The molecule has 3 nitrogen and oxygen atoms in total. The molecule has 2 aromatic carbocycles. The van der Waals surface area contributed by atoms with Gasteiger partial charge >= 0.3 is 0 Å². The van der Waals surface area contributed by atoms with Crippen LogP contribution in [0.2, 0.25) is 5.02 Å². The maximum atomic E-state index is 14.2. The fourth-order valence-electron chi connectivity index (χ4n) is 4.16. The SMILES string of the molecule is CC(C)[C@@H]1CC[C@@H](C)C[C@H]1OP(=O)(c1ccccc1)C(O)c1ccc(Cl)cc1.